The summed E-state index contributed by atoms with van der Waals surface area (Å²) >= 11 is 0. The van der Waals surface area contributed by atoms with Gasteiger partial charge in [0, 0.05) is 37.4 Å². The fourth-order valence-corrected chi connectivity index (χ4v) is 4.13. The van der Waals surface area contributed by atoms with Crippen molar-refractivity contribution in [1.82, 2.24) is 20.7 Å². The summed E-state index contributed by atoms with van der Waals surface area (Å²) in [6.45, 7) is 1.37. The molecule has 2 aliphatic rings. The zero-order valence-corrected chi connectivity index (χ0v) is 15.5. The summed E-state index contributed by atoms with van der Waals surface area (Å²) in [6, 6.07) is 10.8. The zero-order valence-electron chi connectivity index (χ0n) is 15.5. The van der Waals surface area contributed by atoms with Crippen molar-refractivity contribution in [3.05, 3.63) is 65.5 Å². The number of benzene rings is 1. The molecular weight excluding hydrogens is 356 g/mol. The molecule has 0 aliphatic carbocycles. The van der Waals surface area contributed by atoms with Crippen LogP contribution in [0.15, 0.2) is 48.8 Å². The van der Waals surface area contributed by atoms with E-state index in [9.17, 15) is 14.7 Å². The Balaban J connectivity index is 1.41. The van der Waals surface area contributed by atoms with Crippen LogP contribution in [0.1, 0.15) is 52.7 Å². The Morgan fingerprint density at radius 3 is 2.71 bits per heavy atom. The molecule has 2 aliphatic heterocycles. The standard InChI is InChI=1S/C21H24N4O3/c26-20(19-12-18(23-24-19)14-6-8-22-9-7-14)25-10-2-5-17(13-25)15-3-1-4-16(11-15)21(27)28/h1,3-4,6-9,11,17-19,23-24H,2,5,10,12-13H2,(H,27,28). The molecule has 2 aromatic rings. The van der Waals surface area contributed by atoms with Crippen molar-refractivity contribution in [2.24, 2.45) is 0 Å². The molecule has 1 amide bonds. The van der Waals surface area contributed by atoms with Gasteiger partial charge in [-0.1, -0.05) is 12.1 Å². The number of carbonyl (C=O) groups is 2. The van der Waals surface area contributed by atoms with E-state index in [1.165, 1.54) is 0 Å². The number of nitrogens with zero attached hydrogens (tertiary/aromatic N) is 2. The number of amides is 1. The SMILES string of the molecule is O=C(O)c1cccc(C2CCCN(C(=O)C3CC(c4ccncc4)NN3)C2)c1. The summed E-state index contributed by atoms with van der Waals surface area (Å²) in [4.78, 5) is 30.2. The highest BCUT2D eigenvalue weighted by molar-refractivity contribution is 5.87. The van der Waals surface area contributed by atoms with Gasteiger partial charge in [0.25, 0.3) is 0 Å². The van der Waals surface area contributed by atoms with Gasteiger partial charge in [-0.05, 0) is 54.7 Å². The van der Waals surface area contributed by atoms with Crippen LogP contribution in [-0.4, -0.2) is 46.0 Å². The van der Waals surface area contributed by atoms with E-state index in [2.05, 4.69) is 15.8 Å². The number of carbonyl (C=O) groups excluding carboxylic acids is 1. The monoisotopic (exact) mass is 380 g/mol. The quantitative estimate of drug-likeness (QED) is 0.752. The van der Waals surface area contributed by atoms with Crippen molar-refractivity contribution in [2.45, 2.75) is 37.3 Å². The molecule has 0 saturated carbocycles. The lowest BCUT2D eigenvalue weighted by Gasteiger charge is -2.34. The van der Waals surface area contributed by atoms with Gasteiger partial charge in [0.2, 0.25) is 5.91 Å². The van der Waals surface area contributed by atoms with Gasteiger partial charge < -0.3 is 10.0 Å². The summed E-state index contributed by atoms with van der Waals surface area (Å²) in [7, 11) is 0. The molecule has 3 N–H and O–H groups in total. The summed E-state index contributed by atoms with van der Waals surface area (Å²) in [5.74, 6) is -0.653. The van der Waals surface area contributed by atoms with Gasteiger partial charge >= 0.3 is 5.97 Å². The lowest BCUT2D eigenvalue weighted by atomic mass is 9.89. The normalized spacial score (nSPS) is 24.9. The van der Waals surface area contributed by atoms with Crippen molar-refractivity contribution in [3.63, 3.8) is 0 Å². The topological polar surface area (TPSA) is 94.6 Å². The lowest BCUT2D eigenvalue weighted by Crippen LogP contribution is -2.48. The van der Waals surface area contributed by atoms with Gasteiger partial charge in [0.05, 0.1) is 5.56 Å². The maximum absolute atomic E-state index is 13.0. The molecule has 0 bridgehead atoms. The average molecular weight is 380 g/mol. The summed E-state index contributed by atoms with van der Waals surface area (Å²) in [6.07, 6.45) is 6.09. The van der Waals surface area contributed by atoms with Gasteiger partial charge in [0.1, 0.15) is 6.04 Å². The van der Waals surface area contributed by atoms with Crippen LogP contribution in [0.3, 0.4) is 0 Å². The maximum atomic E-state index is 13.0. The minimum Gasteiger partial charge on any atom is -0.478 e. The second kappa shape index (κ2) is 8.08. The highest BCUT2D eigenvalue weighted by Crippen LogP contribution is 2.29. The van der Waals surface area contributed by atoms with Crippen molar-refractivity contribution in [2.75, 3.05) is 13.1 Å². The lowest BCUT2D eigenvalue weighted by molar-refractivity contribution is -0.134. The maximum Gasteiger partial charge on any atom is 0.335 e. The Kier molecular flexibility index (Phi) is 5.36. The summed E-state index contributed by atoms with van der Waals surface area (Å²) in [5.41, 5.74) is 8.75. The molecule has 7 heteroatoms. The smallest absolute Gasteiger partial charge is 0.335 e. The molecular formula is C21H24N4O3. The fraction of sp³-hybridized carbons (Fsp3) is 0.381. The fourth-order valence-electron chi connectivity index (χ4n) is 4.13. The first-order valence-electron chi connectivity index (χ1n) is 9.65. The first-order valence-corrected chi connectivity index (χ1v) is 9.65. The van der Waals surface area contributed by atoms with Crippen LogP contribution in [-0.2, 0) is 4.79 Å². The number of likely N-dealkylation sites (tertiary alicyclic amines) is 1. The Morgan fingerprint density at radius 2 is 1.93 bits per heavy atom. The van der Waals surface area contributed by atoms with E-state index in [1.54, 1.807) is 30.6 Å². The molecule has 146 valence electrons. The predicted molar refractivity (Wildman–Crippen MR) is 104 cm³/mol. The van der Waals surface area contributed by atoms with Crippen molar-refractivity contribution in [1.29, 1.82) is 0 Å². The number of aromatic carboxylic acids is 1. The number of piperidine rings is 1. The van der Waals surface area contributed by atoms with Crippen LogP contribution in [0.2, 0.25) is 0 Å². The third kappa shape index (κ3) is 3.90. The number of hydrogen-bond acceptors (Lipinski definition) is 5. The number of carboxylic acids is 1. The number of nitrogens with one attached hydrogen (secondary N) is 2. The Labute approximate surface area is 163 Å². The van der Waals surface area contributed by atoms with Gasteiger partial charge in [-0.2, -0.15) is 0 Å². The van der Waals surface area contributed by atoms with Crippen LogP contribution >= 0.6 is 0 Å². The van der Waals surface area contributed by atoms with E-state index in [0.29, 0.717) is 18.5 Å². The first kappa shape index (κ1) is 18.6. The largest absolute Gasteiger partial charge is 0.478 e. The molecule has 3 atom stereocenters. The molecule has 1 aromatic heterocycles. The Hall–Kier alpha value is -2.77. The third-order valence-corrected chi connectivity index (χ3v) is 5.65. The highest BCUT2D eigenvalue weighted by Gasteiger charge is 2.35. The van der Waals surface area contributed by atoms with E-state index in [-0.39, 0.29) is 23.9 Å². The van der Waals surface area contributed by atoms with Crippen molar-refractivity contribution >= 4 is 11.9 Å². The minimum absolute atomic E-state index is 0.0878. The van der Waals surface area contributed by atoms with Gasteiger partial charge in [0.15, 0.2) is 0 Å². The zero-order chi connectivity index (χ0) is 19.5. The van der Waals surface area contributed by atoms with E-state index < -0.39 is 5.97 Å². The van der Waals surface area contributed by atoms with Crippen molar-refractivity contribution in [3.8, 4) is 0 Å². The molecule has 7 nitrogen and oxygen atoms in total. The summed E-state index contributed by atoms with van der Waals surface area (Å²) in [5, 5.41) is 9.23. The molecule has 3 heterocycles. The number of hydrogen-bond donors (Lipinski definition) is 3. The summed E-state index contributed by atoms with van der Waals surface area (Å²) < 4.78 is 0. The molecule has 28 heavy (non-hydrogen) atoms. The van der Waals surface area contributed by atoms with Crippen LogP contribution in [0.4, 0.5) is 0 Å². The van der Waals surface area contributed by atoms with E-state index in [1.807, 2.05) is 23.1 Å². The van der Waals surface area contributed by atoms with Gasteiger partial charge in [-0.15, -0.1) is 0 Å². The molecule has 0 spiro atoms. The number of rotatable bonds is 4. The average Bonchev–Trinajstić information content (AvgIpc) is 3.24. The predicted octanol–water partition coefficient (Wildman–Crippen LogP) is 2.09. The first-order chi connectivity index (χ1) is 13.6. The van der Waals surface area contributed by atoms with Crippen LogP contribution < -0.4 is 10.9 Å². The Morgan fingerprint density at radius 1 is 1.11 bits per heavy atom. The molecule has 0 radical (unpaired) electrons. The van der Waals surface area contributed by atoms with Crippen LogP contribution in [0, 0.1) is 0 Å². The van der Waals surface area contributed by atoms with E-state index >= 15 is 0 Å². The number of carboxylic acid groups (broad SMARTS) is 1. The molecule has 1 aromatic carbocycles. The Bertz CT molecular complexity index is 858. The van der Waals surface area contributed by atoms with Gasteiger partial charge in [-0.3, -0.25) is 9.78 Å². The number of aromatic nitrogens is 1. The third-order valence-electron chi connectivity index (χ3n) is 5.65. The van der Waals surface area contributed by atoms with E-state index in [4.69, 9.17) is 0 Å². The number of pyridine rings is 1. The molecule has 2 saturated heterocycles. The van der Waals surface area contributed by atoms with Crippen LogP contribution in [0.5, 0.6) is 0 Å². The van der Waals surface area contributed by atoms with Crippen molar-refractivity contribution < 1.29 is 14.7 Å². The minimum atomic E-state index is -0.922. The molecule has 3 unspecified atom stereocenters. The van der Waals surface area contributed by atoms with Gasteiger partial charge in [-0.25, -0.2) is 15.6 Å². The number of hydrazine groups is 1. The highest BCUT2D eigenvalue weighted by atomic mass is 16.4. The van der Waals surface area contributed by atoms with E-state index in [0.717, 1.165) is 30.5 Å². The second-order valence-electron chi connectivity index (χ2n) is 7.46. The second-order valence-corrected chi connectivity index (χ2v) is 7.46. The molecule has 2 fully saturated rings. The van der Waals surface area contributed by atoms with Crippen LogP contribution in [0.25, 0.3) is 0 Å². The molecule has 4 rings (SSSR count).